The van der Waals surface area contributed by atoms with Crippen molar-refractivity contribution in [2.24, 2.45) is 5.92 Å². The van der Waals surface area contributed by atoms with E-state index in [0.29, 0.717) is 30.5 Å². The molecule has 1 unspecified atom stereocenters. The van der Waals surface area contributed by atoms with Gasteiger partial charge in [0.25, 0.3) is 11.8 Å². The lowest BCUT2D eigenvalue weighted by Crippen LogP contribution is -2.39. The van der Waals surface area contributed by atoms with E-state index in [0.717, 1.165) is 18.6 Å². The lowest BCUT2D eigenvalue weighted by atomic mass is 10.1. The maximum atomic E-state index is 13.1. The number of hydrogen-bond acceptors (Lipinski definition) is 4. The number of anilines is 1. The first kappa shape index (κ1) is 25.9. The van der Waals surface area contributed by atoms with Crippen molar-refractivity contribution >= 4 is 28.8 Å². The molecule has 1 aliphatic rings. The minimum absolute atomic E-state index is 0.0370. The minimum atomic E-state index is -4.58. The van der Waals surface area contributed by atoms with Gasteiger partial charge in [-0.1, -0.05) is 38.1 Å². The Kier molecular flexibility index (Phi) is 7.34. The number of alkyl halides is 3. The van der Waals surface area contributed by atoms with E-state index in [-0.39, 0.29) is 35.0 Å². The number of imidazole rings is 1. The van der Waals surface area contributed by atoms with Gasteiger partial charge in [0.15, 0.2) is 0 Å². The number of para-hydroxylation sites is 2. The molecule has 0 spiro atoms. The van der Waals surface area contributed by atoms with Gasteiger partial charge in [-0.15, -0.1) is 0 Å². The van der Waals surface area contributed by atoms with Crippen LogP contribution >= 0.6 is 0 Å². The number of hydrogen-bond donors (Lipinski definition) is 1. The molecule has 1 saturated heterocycles. The van der Waals surface area contributed by atoms with Gasteiger partial charge >= 0.3 is 6.18 Å². The molecule has 0 saturated carbocycles. The van der Waals surface area contributed by atoms with Crippen LogP contribution in [-0.2, 0) is 17.5 Å². The first-order valence-electron chi connectivity index (χ1n) is 11.9. The molecule has 1 fully saturated rings. The molecule has 0 bridgehead atoms. The van der Waals surface area contributed by atoms with Crippen LogP contribution in [0.15, 0.2) is 60.2 Å². The number of amides is 2. The molecule has 37 heavy (non-hydrogen) atoms. The number of benzene rings is 2. The number of likely N-dealkylation sites (tertiary alicyclic amines) is 1. The average molecular weight is 510 g/mol. The molecule has 10 heteroatoms. The molecular weight excluding hydrogens is 483 g/mol. The van der Waals surface area contributed by atoms with Crippen LogP contribution in [-0.4, -0.2) is 38.9 Å². The summed E-state index contributed by atoms with van der Waals surface area (Å²) in [5, 5.41) is 12.2. The Bertz CT molecular complexity index is 1400. The van der Waals surface area contributed by atoms with Gasteiger partial charge in [0.1, 0.15) is 11.6 Å². The Morgan fingerprint density at radius 1 is 1.22 bits per heavy atom. The van der Waals surface area contributed by atoms with Crippen molar-refractivity contribution in [2.45, 2.75) is 45.5 Å². The number of nitrogens with one attached hydrogen (secondary N) is 1. The monoisotopic (exact) mass is 509 g/mol. The molecule has 2 heterocycles. The standard InChI is InChI=1S/C27H26F3N5O2/c1-17(2)13-19(15-31)25(37)34-12-6-9-21(34)16-35-23-11-4-3-10-22(23)32-26(35)33-24(36)18-7-5-8-20(14-18)27(28,29)30/h3-5,7-8,10-11,13-14,17,21H,6,9,12,16H2,1-2H3,(H,32,33,36). The van der Waals surface area contributed by atoms with Gasteiger partial charge in [-0.2, -0.15) is 18.4 Å². The Labute approximate surface area is 212 Å². The van der Waals surface area contributed by atoms with Crippen LogP contribution in [0.4, 0.5) is 19.1 Å². The number of halogens is 3. The first-order valence-corrected chi connectivity index (χ1v) is 11.9. The number of aromatic nitrogens is 2. The molecule has 1 atom stereocenters. The third-order valence-corrected chi connectivity index (χ3v) is 6.21. The number of carbonyl (C=O) groups excluding carboxylic acids is 2. The first-order chi connectivity index (χ1) is 17.6. The molecule has 7 nitrogen and oxygen atoms in total. The largest absolute Gasteiger partial charge is 0.416 e. The minimum Gasteiger partial charge on any atom is -0.333 e. The maximum absolute atomic E-state index is 13.1. The summed E-state index contributed by atoms with van der Waals surface area (Å²) >= 11 is 0. The average Bonchev–Trinajstić information content (AvgIpc) is 3.46. The van der Waals surface area contributed by atoms with Crippen molar-refractivity contribution in [3.05, 3.63) is 71.3 Å². The van der Waals surface area contributed by atoms with Crippen LogP contribution in [0.1, 0.15) is 42.6 Å². The fourth-order valence-corrected chi connectivity index (χ4v) is 4.51. The van der Waals surface area contributed by atoms with Crippen LogP contribution in [0.3, 0.4) is 0 Å². The second kappa shape index (κ2) is 10.5. The predicted octanol–water partition coefficient (Wildman–Crippen LogP) is 5.40. The molecule has 1 aromatic heterocycles. The summed E-state index contributed by atoms with van der Waals surface area (Å²) in [7, 11) is 0. The Morgan fingerprint density at radius 2 is 1.97 bits per heavy atom. The summed E-state index contributed by atoms with van der Waals surface area (Å²) in [4.78, 5) is 32.2. The van der Waals surface area contributed by atoms with Crippen molar-refractivity contribution in [3.63, 3.8) is 0 Å². The lowest BCUT2D eigenvalue weighted by molar-refractivity contribution is -0.137. The van der Waals surface area contributed by atoms with Crippen LogP contribution < -0.4 is 5.32 Å². The van der Waals surface area contributed by atoms with E-state index in [1.807, 2.05) is 32.0 Å². The fraction of sp³-hybridized carbons (Fsp3) is 0.333. The van der Waals surface area contributed by atoms with Crippen molar-refractivity contribution in [3.8, 4) is 6.07 Å². The Hall–Kier alpha value is -4.13. The third-order valence-electron chi connectivity index (χ3n) is 6.21. The smallest absolute Gasteiger partial charge is 0.333 e. The number of rotatable bonds is 6. The highest BCUT2D eigenvalue weighted by molar-refractivity contribution is 6.04. The van der Waals surface area contributed by atoms with Gasteiger partial charge in [0.2, 0.25) is 5.95 Å². The van der Waals surface area contributed by atoms with Crippen molar-refractivity contribution < 1.29 is 22.8 Å². The summed E-state index contributed by atoms with van der Waals surface area (Å²) < 4.78 is 41.2. The number of nitrogens with zero attached hydrogens (tertiary/aromatic N) is 4. The molecule has 0 aliphatic carbocycles. The molecular formula is C27H26F3N5O2. The lowest BCUT2D eigenvalue weighted by Gasteiger charge is -2.26. The van der Waals surface area contributed by atoms with Crippen LogP contribution in [0, 0.1) is 17.2 Å². The van der Waals surface area contributed by atoms with E-state index >= 15 is 0 Å². The molecule has 1 N–H and O–H groups in total. The molecule has 3 aromatic rings. The Balaban J connectivity index is 1.64. The van der Waals surface area contributed by atoms with E-state index in [9.17, 15) is 28.0 Å². The third kappa shape index (κ3) is 5.66. The van der Waals surface area contributed by atoms with E-state index in [4.69, 9.17) is 0 Å². The summed E-state index contributed by atoms with van der Waals surface area (Å²) in [5.74, 6) is -0.859. The van der Waals surface area contributed by atoms with Crippen LogP contribution in [0.25, 0.3) is 11.0 Å². The molecule has 4 rings (SSSR count). The fourth-order valence-electron chi connectivity index (χ4n) is 4.51. The maximum Gasteiger partial charge on any atom is 0.416 e. The number of carbonyl (C=O) groups is 2. The number of allylic oxidation sites excluding steroid dienone is 1. The number of nitriles is 1. The van der Waals surface area contributed by atoms with Crippen molar-refractivity contribution in [1.82, 2.24) is 14.5 Å². The molecule has 192 valence electrons. The second-order valence-electron chi connectivity index (χ2n) is 9.30. The summed E-state index contributed by atoms with van der Waals surface area (Å²) in [6, 6.07) is 13.1. The topological polar surface area (TPSA) is 91.0 Å². The summed E-state index contributed by atoms with van der Waals surface area (Å²) in [6.45, 7) is 4.58. The summed E-state index contributed by atoms with van der Waals surface area (Å²) in [5.41, 5.74) is 0.324. The van der Waals surface area contributed by atoms with Crippen molar-refractivity contribution in [2.75, 3.05) is 11.9 Å². The van der Waals surface area contributed by atoms with Gasteiger partial charge < -0.3 is 9.47 Å². The van der Waals surface area contributed by atoms with E-state index in [1.54, 1.807) is 27.7 Å². The van der Waals surface area contributed by atoms with Gasteiger partial charge in [0.05, 0.1) is 22.6 Å². The summed E-state index contributed by atoms with van der Waals surface area (Å²) in [6.07, 6.45) is -1.48. The molecule has 2 aromatic carbocycles. The Morgan fingerprint density at radius 3 is 2.68 bits per heavy atom. The van der Waals surface area contributed by atoms with Crippen LogP contribution in [0.2, 0.25) is 0 Å². The second-order valence-corrected chi connectivity index (χ2v) is 9.30. The highest BCUT2D eigenvalue weighted by Crippen LogP contribution is 2.30. The zero-order valence-corrected chi connectivity index (χ0v) is 20.4. The van der Waals surface area contributed by atoms with E-state index in [2.05, 4.69) is 10.3 Å². The van der Waals surface area contributed by atoms with Gasteiger partial charge in [-0.25, -0.2) is 4.98 Å². The van der Waals surface area contributed by atoms with Crippen LogP contribution in [0.5, 0.6) is 0 Å². The highest BCUT2D eigenvalue weighted by Gasteiger charge is 2.33. The van der Waals surface area contributed by atoms with Crippen molar-refractivity contribution in [1.29, 1.82) is 5.26 Å². The molecule has 2 amide bonds. The molecule has 1 aliphatic heterocycles. The predicted molar refractivity (Wildman–Crippen MR) is 132 cm³/mol. The number of fused-ring (bicyclic) bond motifs is 1. The quantitative estimate of drug-likeness (QED) is 0.356. The van der Waals surface area contributed by atoms with Gasteiger partial charge in [0, 0.05) is 18.7 Å². The van der Waals surface area contributed by atoms with E-state index in [1.165, 1.54) is 12.1 Å². The van der Waals surface area contributed by atoms with Gasteiger partial charge in [-0.3, -0.25) is 14.9 Å². The SMILES string of the molecule is CC(C)C=C(C#N)C(=O)N1CCCC1Cn1c(NC(=O)c2cccc(C(F)(F)F)c2)nc2ccccc21. The van der Waals surface area contributed by atoms with E-state index < -0.39 is 17.6 Å². The zero-order chi connectivity index (χ0) is 26.7. The van der Waals surface area contributed by atoms with Gasteiger partial charge in [-0.05, 0) is 49.1 Å². The zero-order valence-electron chi connectivity index (χ0n) is 20.4. The normalized spacial score (nSPS) is 16.3. The molecule has 0 radical (unpaired) electrons. The highest BCUT2D eigenvalue weighted by atomic mass is 19.4.